The van der Waals surface area contributed by atoms with Crippen molar-refractivity contribution in [2.24, 2.45) is 14.1 Å². The van der Waals surface area contributed by atoms with E-state index in [-0.39, 0.29) is 23.3 Å². The van der Waals surface area contributed by atoms with Crippen LogP contribution >= 0.6 is 0 Å². The van der Waals surface area contributed by atoms with Crippen LogP contribution in [0.5, 0.6) is 5.75 Å². The Morgan fingerprint density at radius 1 is 0.842 bits per heavy atom. The van der Waals surface area contributed by atoms with Crippen LogP contribution in [0.1, 0.15) is 56.2 Å². The van der Waals surface area contributed by atoms with Gasteiger partial charge in [0, 0.05) is 44.0 Å². The zero-order chi connectivity index (χ0) is 27.1. The highest BCUT2D eigenvalue weighted by molar-refractivity contribution is 6.06. The summed E-state index contributed by atoms with van der Waals surface area (Å²) in [6.45, 7) is 4.96. The molecule has 0 spiro atoms. The smallest absolute Gasteiger partial charge is 0.328 e. The molecule has 8 heteroatoms. The lowest BCUT2D eigenvalue weighted by Gasteiger charge is -2.32. The van der Waals surface area contributed by atoms with Gasteiger partial charge in [-0.3, -0.25) is 18.7 Å². The molecule has 196 valence electrons. The van der Waals surface area contributed by atoms with Crippen LogP contribution < -0.4 is 11.0 Å². The van der Waals surface area contributed by atoms with Crippen molar-refractivity contribution in [3.8, 4) is 5.75 Å². The van der Waals surface area contributed by atoms with Gasteiger partial charge in [0.1, 0.15) is 5.75 Å². The van der Waals surface area contributed by atoms with Crippen LogP contribution in [0.4, 0.5) is 5.69 Å². The topological polar surface area (TPSA) is 96.6 Å². The van der Waals surface area contributed by atoms with Crippen LogP contribution in [-0.2, 0) is 14.1 Å². The van der Waals surface area contributed by atoms with Crippen molar-refractivity contribution < 1.29 is 14.7 Å². The first-order valence-electron chi connectivity index (χ1n) is 12.8. The summed E-state index contributed by atoms with van der Waals surface area (Å²) in [5.41, 5.74) is 5.76. The molecule has 3 aromatic carbocycles. The minimum absolute atomic E-state index is 0.00136. The summed E-state index contributed by atoms with van der Waals surface area (Å²) < 4.78 is 3.10. The number of nitrogens with zero attached hydrogens (tertiary/aromatic N) is 3. The Bertz CT molecular complexity index is 1580. The fourth-order valence-electron chi connectivity index (χ4n) is 5.37. The van der Waals surface area contributed by atoms with Gasteiger partial charge in [-0.15, -0.1) is 0 Å². The Hall–Kier alpha value is -4.33. The fraction of sp³-hybridized carbons (Fsp3) is 0.300. The number of amides is 2. The van der Waals surface area contributed by atoms with Crippen LogP contribution in [0.3, 0.4) is 0 Å². The Morgan fingerprint density at radius 2 is 1.45 bits per heavy atom. The van der Waals surface area contributed by atoms with E-state index >= 15 is 0 Å². The van der Waals surface area contributed by atoms with Crippen molar-refractivity contribution in [3.05, 3.63) is 92.9 Å². The summed E-state index contributed by atoms with van der Waals surface area (Å²) in [4.78, 5) is 39.9. The van der Waals surface area contributed by atoms with E-state index < -0.39 is 0 Å². The molecule has 0 aliphatic carbocycles. The summed E-state index contributed by atoms with van der Waals surface area (Å²) in [6, 6.07) is 16.6. The normalized spacial score (nSPS) is 14.2. The lowest BCUT2D eigenvalue weighted by atomic mass is 9.89. The SMILES string of the molecule is Cc1cc(C(=O)N2CCC(c3ccc(NC(=O)c4ccc5c(c4)n(C)c(=O)n5C)cc3)CC2)cc(C)c1O. The van der Waals surface area contributed by atoms with Gasteiger partial charge in [-0.25, -0.2) is 4.79 Å². The molecule has 0 radical (unpaired) electrons. The number of carbonyl (C=O) groups is 2. The van der Waals surface area contributed by atoms with Crippen molar-refractivity contribution >= 4 is 28.5 Å². The van der Waals surface area contributed by atoms with Gasteiger partial charge >= 0.3 is 5.69 Å². The van der Waals surface area contributed by atoms with Crippen molar-refractivity contribution in [1.29, 1.82) is 0 Å². The predicted octanol–water partition coefficient (Wildman–Crippen LogP) is 4.47. The molecule has 1 aromatic heterocycles. The number of anilines is 1. The average Bonchev–Trinajstić information content (AvgIpc) is 3.14. The number of phenolic OH excluding ortho intramolecular Hbond substituents is 1. The Labute approximate surface area is 221 Å². The van der Waals surface area contributed by atoms with E-state index in [0.29, 0.717) is 52.5 Å². The maximum absolute atomic E-state index is 13.0. The number of fused-ring (bicyclic) bond motifs is 1. The van der Waals surface area contributed by atoms with Gasteiger partial charge in [-0.2, -0.15) is 0 Å². The van der Waals surface area contributed by atoms with Crippen LogP contribution in [-0.4, -0.2) is 44.0 Å². The first kappa shape index (κ1) is 25.3. The van der Waals surface area contributed by atoms with Gasteiger partial charge < -0.3 is 15.3 Å². The van der Waals surface area contributed by atoms with E-state index in [0.717, 1.165) is 18.4 Å². The molecule has 8 nitrogen and oxygen atoms in total. The lowest BCUT2D eigenvalue weighted by molar-refractivity contribution is 0.0712. The maximum Gasteiger partial charge on any atom is 0.328 e. The number of aryl methyl sites for hydroxylation is 4. The molecule has 2 N–H and O–H groups in total. The molecule has 1 fully saturated rings. The minimum Gasteiger partial charge on any atom is -0.507 e. The van der Waals surface area contributed by atoms with Gasteiger partial charge in [-0.1, -0.05) is 12.1 Å². The molecule has 0 atom stereocenters. The number of likely N-dealkylation sites (tertiary alicyclic amines) is 1. The molecule has 1 aliphatic heterocycles. The van der Waals surface area contributed by atoms with Crippen LogP contribution in [0.2, 0.25) is 0 Å². The molecule has 0 saturated carbocycles. The van der Waals surface area contributed by atoms with E-state index in [1.165, 1.54) is 10.1 Å². The fourth-order valence-corrected chi connectivity index (χ4v) is 5.37. The molecule has 5 rings (SSSR count). The Kier molecular flexibility index (Phi) is 6.57. The van der Waals surface area contributed by atoms with Crippen LogP contribution in [0.15, 0.2) is 59.4 Å². The second-order valence-electron chi connectivity index (χ2n) is 10.2. The number of rotatable bonds is 4. The van der Waals surface area contributed by atoms with Crippen molar-refractivity contribution in [2.75, 3.05) is 18.4 Å². The molecule has 4 aromatic rings. The Balaban J connectivity index is 1.21. The number of aromatic hydroxyl groups is 1. The highest BCUT2D eigenvalue weighted by Gasteiger charge is 2.25. The summed E-state index contributed by atoms with van der Waals surface area (Å²) in [7, 11) is 3.41. The largest absolute Gasteiger partial charge is 0.507 e. The number of aromatic nitrogens is 2. The highest BCUT2D eigenvalue weighted by atomic mass is 16.3. The summed E-state index contributed by atoms with van der Waals surface area (Å²) >= 11 is 0. The average molecular weight is 513 g/mol. The maximum atomic E-state index is 13.0. The number of nitrogens with one attached hydrogen (secondary N) is 1. The molecule has 1 aliphatic rings. The monoisotopic (exact) mass is 512 g/mol. The molecule has 2 amide bonds. The third kappa shape index (κ3) is 4.58. The summed E-state index contributed by atoms with van der Waals surface area (Å²) in [5.74, 6) is 0.349. The number of hydrogen-bond acceptors (Lipinski definition) is 4. The van der Waals surface area contributed by atoms with Gasteiger partial charge in [-0.05, 0) is 91.8 Å². The summed E-state index contributed by atoms with van der Waals surface area (Å²) in [5, 5.41) is 13.0. The molecular weight excluding hydrogens is 480 g/mol. The van der Waals surface area contributed by atoms with Gasteiger partial charge in [0.05, 0.1) is 11.0 Å². The summed E-state index contributed by atoms with van der Waals surface area (Å²) in [6.07, 6.45) is 1.73. The molecule has 0 bridgehead atoms. The molecular formula is C30H32N4O4. The first-order valence-corrected chi connectivity index (χ1v) is 12.8. The van der Waals surface area contributed by atoms with Crippen LogP contribution in [0, 0.1) is 13.8 Å². The molecule has 38 heavy (non-hydrogen) atoms. The van der Waals surface area contributed by atoms with E-state index in [4.69, 9.17) is 0 Å². The van der Waals surface area contributed by atoms with Crippen molar-refractivity contribution in [3.63, 3.8) is 0 Å². The van der Waals surface area contributed by atoms with E-state index in [1.807, 2.05) is 43.0 Å². The van der Waals surface area contributed by atoms with Crippen molar-refractivity contribution in [2.45, 2.75) is 32.6 Å². The number of imidazole rings is 1. The number of carbonyl (C=O) groups excluding carboxylic acids is 2. The highest BCUT2D eigenvalue weighted by Crippen LogP contribution is 2.30. The molecule has 2 heterocycles. The van der Waals surface area contributed by atoms with Crippen LogP contribution in [0.25, 0.3) is 11.0 Å². The predicted molar refractivity (Wildman–Crippen MR) is 148 cm³/mol. The number of hydrogen-bond donors (Lipinski definition) is 2. The van der Waals surface area contributed by atoms with Gasteiger partial charge in [0.2, 0.25) is 0 Å². The molecule has 1 saturated heterocycles. The van der Waals surface area contributed by atoms with E-state index in [9.17, 15) is 19.5 Å². The zero-order valence-electron chi connectivity index (χ0n) is 22.1. The second-order valence-corrected chi connectivity index (χ2v) is 10.2. The van der Waals surface area contributed by atoms with Crippen molar-refractivity contribution in [1.82, 2.24) is 14.0 Å². The number of phenols is 1. The molecule has 0 unspecified atom stereocenters. The first-order chi connectivity index (χ1) is 18.1. The third-order valence-electron chi connectivity index (χ3n) is 7.69. The third-order valence-corrected chi connectivity index (χ3v) is 7.69. The van der Waals surface area contributed by atoms with E-state index in [1.54, 1.807) is 49.0 Å². The standard InChI is InChI=1S/C30H32N4O4/c1-18-15-23(16-19(2)27(18)35)29(37)34-13-11-21(12-14-34)20-5-8-24(9-6-20)31-28(36)22-7-10-25-26(17-22)33(4)30(38)32(25)3/h5-10,15-17,21,35H,11-14H2,1-4H3,(H,31,36). The van der Waals surface area contributed by atoms with Gasteiger partial charge in [0.25, 0.3) is 11.8 Å². The van der Waals surface area contributed by atoms with E-state index in [2.05, 4.69) is 5.32 Å². The number of benzene rings is 3. The Morgan fingerprint density at radius 3 is 2.08 bits per heavy atom. The zero-order valence-corrected chi connectivity index (χ0v) is 22.1. The lowest BCUT2D eigenvalue weighted by Crippen LogP contribution is -2.38. The van der Waals surface area contributed by atoms with Gasteiger partial charge in [0.15, 0.2) is 0 Å². The number of piperidine rings is 1. The minimum atomic E-state index is -0.234. The quantitative estimate of drug-likeness (QED) is 0.422. The second kappa shape index (κ2) is 9.85.